The summed E-state index contributed by atoms with van der Waals surface area (Å²) >= 11 is 0. The minimum atomic E-state index is -0.206. The van der Waals surface area contributed by atoms with Gasteiger partial charge in [-0.2, -0.15) is 0 Å². The number of aliphatic hydroxyl groups excluding tert-OH is 1. The van der Waals surface area contributed by atoms with Gasteiger partial charge in [0.15, 0.2) is 0 Å². The van der Waals surface area contributed by atoms with Crippen LogP contribution in [0.1, 0.15) is 57.6 Å². The van der Waals surface area contributed by atoms with E-state index in [1.54, 1.807) is 6.07 Å². The highest BCUT2D eigenvalue weighted by Crippen LogP contribution is 2.21. The summed E-state index contributed by atoms with van der Waals surface area (Å²) in [6.45, 7) is 10.3. The van der Waals surface area contributed by atoms with Crippen molar-refractivity contribution in [3.8, 4) is 0 Å². The summed E-state index contributed by atoms with van der Waals surface area (Å²) < 4.78 is 1.93. The molecule has 4 nitrogen and oxygen atoms in total. The Labute approximate surface area is 115 Å². The van der Waals surface area contributed by atoms with Crippen molar-refractivity contribution >= 4 is 5.91 Å². The molecule has 4 heteroatoms. The quantitative estimate of drug-likeness (QED) is 0.860. The lowest BCUT2D eigenvalue weighted by Gasteiger charge is -2.25. The van der Waals surface area contributed by atoms with Gasteiger partial charge in [0.05, 0.1) is 12.6 Å². The first-order valence-electron chi connectivity index (χ1n) is 6.83. The molecule has 1 heterocycles. The third-order valence-corrected chi connectivity index (χ3v) is 2.98. The van der Waals surface area contributed by atoms with Crippen LogP contribution in [0.15, 0.2) is 18.3 Å². The summed E-state index contributed by atoms with van der Waals surface area (Å²) in [6, 6.07) is 3.71. The molecule has 0 aromatic carbocycles. The molecule has 0 saturated heterocycles. The van der Waals surface area contributed by atoms with E-state index in [0.717, 1.165) is 6.42 Å². The Morgan fingerprint density at radius 2 is 2.05 bits per heavy atom. The number of amides is 1. The van der Waals surface area contributed by atoms with Gasteiger partial charge >= 0.3 is 0 Å². The fraction of sp³-hybridized carbons (Fsp3) is 0.667. The highest BCUT2D eigenvalue weighted by atomic mass is 16.3. The molecule has 1 aromatic heterocycles. The topological polar surface area (TPSA) is 54.3 Å². The second-order valence-electron chi connectivity index (χ2n) is 6.51. The maximum absolute atomic E-state index is 12.2. The standard InChI is InChI=1S/C15H26N2O2/c1-11(2)17-8-6-7-13(17)14(19)16-12(10-18)9-15(3,4)5/h6-8,11-12,18H,9-10H2,1-5H3,(H,16,19). The molecule has 0 aliphatic heterocycles. The first kappa shape index (κ1) is 15.8. The maximum atomic E-state index is 12.2. The second-order valence-corrected chi connectivity index (χ2v) is 6.51. The summed E-state index contributed by atoms with van der Waals surface area (Å²) in [4.78, 5) is 12.2. The second kappa shape index (κ2) is 6.24. The van der Waals surface area contributed by atoms with Crippen molar-refractivity contribution < 1.29 is 9.90 Å². The Bertz CT molecular complexity index is 416. The van der Waals surface area contributed by atoms with E-state index in [1.807, 2.05) is 30.7 Å². The van der Waals surface area contributed by atoms with E-state index in [-0.39, 0.29) is 30.0 Å². The van der Waals surface area contributed by atoms with Crippen LogP contribution in [0, 0.1) is 5.41 Å². The molecular formula is C15H26N2O2. The van der Waals surface area contributed by atoms with Crippen molar-refractivity contribution in [3.63, 3.8) is 0 Å². The average molecular weight is 266 g/mol. The van der Waals surface area contributed by atoms with Crippen LogP contribution in [-0.4, -0.2) is 28.2 Å². The third kappa shape index (κ3) is 4.71. The lowest BCUT2D eigenvalue weighted by Crippen LogP contribution is -2.40. The molecule has 0 fully saturated rings. The Balaban J connectivity index is 2.75. The highest BCUT2D eigenvalue weighted by Gasteiger charge is 2.21. The van der Waals surface area contributed by atoms with Crippen LogP contribution < -0.4 is 5.32 Å². The molecule has 2 N–H and O–H groups in total. The first-order chi connectivity index (χ1) is 8.74. The highest BCUT2D eigenvalue weighted by molar-refractivity contribution is 5.93. The predicted octanol–water partition coefficient (Wildman–Crippen LogP) is 2.60. The Morgan fingerprint density at radius 3 is 2.53 bits per heavy atom. The van der Waals surface area contributed by atoms with Gasteiger partial charge in [0, 0.05) is 12.2 Å². The molecule has 0 aliphatic carbocycles. The van der Waals surface area contributed by atoms with Crippen LogP contribution in [0.3, 0.4) is 0 Å². The Hall–Kier alpha value is -1.29. The van der Waals surface area contributed by atoms with E-state index in [9.17, 15) is 9.90 Å². The molecule has 0 radical (unpaired) electrons. The molecule has 0 bridgehead atoms. The van der Waals surface area contributed by atoms with Crippen LogP contribution in [0.2, 0.25) is 0 Å². The SMILES string of the molecule is CC(C)n1cccc1C(=O)NC(CO)CC(C)(C)C. The van der Waals surface area contributed by atoms with Gasteiger partial charge in [0.1, 0.15) is 5.69 Å². The predicted molar refractivity (Wildman–Crippen MR) is 77.2 cm³/mol. The van der Waals surface area contributed by atoms with Gasteiger partial charge in [0.2, 0.25) is 0 Å². The summed E-state index contributed by atoms with van der Waals surface area (Å²) in [5, 5.41) is 12.3. The van der Waals surface area contributed by atoms with Crippen molar-refractivity contribution in [1.29, 1.82) is 0 Å². The minimum absolute atomic E-state index is 0.0363. The van der Waals surface area contributed by atoms with E-state index in [0.29, 0.717) is 5.69 Å². The molecule has 0 aliphatic rings. The van der Waals surface area contributed by atoms with E-state index in [1.165, 1.54) is 0 Å². The molecule has 1 atom stereocenters. The van der Waals surface area contributed by atoms with Crippen molar-refractivity contribution in [1.82, 2.24) is 9.88 Å². The number of nitrogens with zero attached hydrogens (tertiary/aromatic N) is 1. The van der Waals surface area contributed by atoms with Gasteiger partial charge in [-0.25, -0.2) is 0 Å². The van der Waals surface area contributed by atoms with Gasteiger partial charge in [-0.15, -0.1) is 0 Å². The maximum Gasteiger partial charge on any atom is 0.268 e. The smallest absolute Gasteiger partial charge is 0.268 e. The Kier molecular flexibility index (Phi) is 5.18. The van der Waals surface area contributed by atoms with Crippen LogP contribution in [0.25, 0.3) is 0 Å². The van der Waals surface area contributed by atoms with Crippen molar-refractivity contribution in [2.75, 3.05) is 6.61 Å². The first-order valence-corrected chi connectivity index (χ1v) is 6.83. The molecule has 0 saturated carbocycles. The third-order valence-electron chi connectivity index (χ3n) is 2.98. The van der Waals surface area contributed by atoms with Gasteiger partial charge in [-0.1, -0.05) is 20.8 Å². The fourth-order valence-electron chi connectivity index (χ4n) is 2.20. The number of hydrogen-bond donors (Lipinski definition) is 2. The molecule has 1 rings (SSSR count). The van der Waals surface area contributed by atoms with Gasteiger partial charge in [-0.3, -0.25) is 4.79 Å². The number of nitrogens with one attached hydrogen (secondary N) is 1. The van der Waals surface area contributed by atoms with Crippen LogP contribution in [-0.2, 0) is 0 Å². The monoisotopic (exact) mass is 266 g/mol. The number of aliphatic hydroxyl groups is 1. The van der Waals surface area contributed by atoms with Crippen LogP contribution >= 0.6 is 0 Å². The molecule has 0 spiro atoms. The van der Waals surface area contributed by atoms with Crippen molar-refractivity contribution in [2.45, 2.75) is 53.1 Å². The zero-order chi connectivity index (χ0) is 14.6. The molecule has 1 unspecified atom stereocenters. The lowest BCUT2D eigenvalue weighted by atomic mass is 9.88. The van der Waals surface area contributed by atoms with Crippen molar-refractivity contribution in [3.05, 3.63) is 24.0 Å². The zero-order valence-electron chi connectivity index (χ0n) is 12.6. The number of carbonyl (C=O) groups is 1. The molecule has 1 amide bonds. The summed E-state index contributed by atoms with van der Waals surface area (Å²) in [6.07, 6.45) is 2.65. The normalized spacial score (nSPS) is 13.6. The summed E-state index contributed by atoms with van der Waals surface area (Å²) in [5.74, 6) is -0.123. The van der Waals surface area contributed by atoms with E-state index < -0.39 is 0 Å². The van der Waals surface area contributed by atoms with Gasteiger partial charge < -0.3 is 15.0 Å². The molecule has 108 valence electrons. The zero-order valence-corrected chi connectivity index (χ0v) is 12.6. The van der Waals surface area contributed by atoms with E-state index in [2.05, 4.69) is 26.1 Å². The van der Waals surface area contributed by atoms with Crippen LogP contribution in [0.4, 0.5) is 0 Å². The van der Waals surface area contributed by atoms with Crippen LogP contribution in [0.5, 0.6) is 0 Å². The lowest BCUT2D eigenvalue weighted by molar-refractivity contribution is 0.0887. The summed E-state index contributed by atoms with van der Waals surface area (Å²) in [5.41, 5.74) is 0.711. The molecule has 1 aromatic rings. The van der Waals surface area contributed by atoms with Gasteiger partial charge in [-0.05, 0) is 37.8 Å². The number of hydrogen-bond acceptors (Lipinski definition) is 2. The number of carbonyl (C=O) groups excluding carboxylic acids is 1. The van der Waals surface area contributed by atoms with E-state index >= 15 is 0 Å². The summed E-state index contributed by atoms with van der Waals surface area (Å²) in [7, 11) is 0. The minimum Gasteiger partial charge on any atom is -0.394 e. The molecule has 19 heavy (non-hydrogen) atoms. The fourth-order valence-corrected chi connectivity index (χ4v) is 2.20. The largest absolute Gasteiger partial charge is 0.394 e. The van der Waals surface area contributed by atoms with Gasteiger partial charge in [0.25, 0.3) is 5.91 Å². The number of rotatable bonds is 5. The van der Waals surface area contributed by atoms with E-state index in [4.69, 9.17) is 0 Å². The number of aromatic nitrogens is 1. The van der Waals surface area contributed by atoms with Crippen molar-refractivity contribution in [2.24, 2.45) is 5.41 Å². The average Bonchev–Trinajstić information content (AvgIpc) is 2.74. The molecular weight excluding hydrogens is 240 g/mol. The Morgan fingerprint density at radius 1 is 1.42 bits per heavy atom.